The topological polar surface area (TPSA) is 30.2 Å². The third-order valence-corrected chi connectivity index (χ3v) is 3.89. The highest BCUT2D eigenvalue weighted by Crippen LogP contribution is 2.40. The van der Waals surface area contributed by atoms with Gasteiger partial charge in [0.15, 0.2) is 17.1 Å². The van der Waals surface area contributed by atoms with E-state index in [1.807, 2.05) is 0 Å². The summed E-state index contributed by atoms with van der Waals surface area (Å²) in [5.41, 5.74) is 1.17. The summed E-state index contributed by atoms with van der Waals surface area (Å²) in [5, 5.41) is 1.63. The number of fused-ring (bicyclic) bond motifs is 1. The SMILES string of the molecule is CC(=O)c1oc2c(Cl)cc(Br)c(Cl)c2c1C. The standard InChI is InChI=1S/C11H7BrCl2O2/c1-4-8-9(14)6(12)3-7(13)11(8)16-10(4)5(2)15/h3H,1-2H3. The maximum atomic E-state index is 11.4. The van der Waals surface area contributed by atoms with Gasteiger partial charge in [-0.05, 0) is 28.9 Å². The number of carbonyl (C=O) groups is 1. The molecule has 0 bridgehead atoms. The summed E-state index contributed by atoms with van der Waals surface area (Å²) in [6.07, 6.45) is 0. The van der Waals surface area contributed by atoms with Gasteiger partial charge in [-0.1, -0.05) is 23.2 Å². The van der Waals surface area contributed by atoms with E-state index in [4.69, 9.17) is 27.6 Å². The number of aryl methyl sites for hydroxylation is 1. The zero-order valence-corrected chi connectivity index (χ0v) is 11.6. The average molecular weight is 322 g/mol. The molecule has 0 atom stereocenters. The first-order chi connectivity index (χ1) is 7.43. The van der Waals surface area contributed by atoms with Gasteiger partial charge in [-0.25, -0.2) is 0 Å². The Morgan fingerprint density at radius 1 is 1.44 bits per heavy atom. The Bertz CT molecular complexity index is 602. The fraction of sp³-hybridized carbons (Fsp3) is 0.182. The summed E-state index contributed by atoms with van der Waals surface area (Å²) in [7, 11) is 0. The lowest BCUT2D eigenvalue weighted by atomic mass is 10.1. The normalized spacial score (nSPS) is 11.1. The van der Waals surface area contributed by atoms with E-state index in [2.05, 4.69) is 15.9 Å². The maximum Gasteiger partial charge on any atom is 0.195 e. The van der Waals surface area contributed by atoms with Gasteiger partial charge >= 0.3 is 0 Å². The molecule has 2 nitrogen and oxygen atoms in total. The van der Waals surface area contributed by atoms with Gasteiger partial charge in [0, 0.05) is 22.3 Å². The highest BCUT2D eigenvalue weighted by molar-refractivity contribution is 9.10. The number of hydrogen-bond donors (Lipinski definition) is 0. The van der Waals surface area contributed by atoms with Crippen LogP contribution in [0.15, 0.2) is 15.0 Å². The Balaban J connectivity index is 2.97. The highest BCUT2D eigenvalue weighted by atomic mass is 79.9. The van der Waals surface area contributed by atoms with Crippen LogP contribution in [0, 0.1) is 6.92 Å². The smallest absolute Gasteiger partial charge is 0.195 e. The van der Waals surface area contributed by atoms with E-state index in [1.54, 1.807) is 13.0 Å². The molecule has 1 aromatic heterocycles. The van der Waals surface area contributed by atoms with Crippen LogP contribution < -0.4 is 0 Å². The number of furan rings is 1. The van der Waals surface area contributed by atoms with Crippen LogP contribution in [-0.2, 0) is 0 Å². The van der Waals surface area contributed by atoms with Crippen molar-refractivity contribution < 1.29 is 9.21 Å². The van der Waals surface area contributed by atoms with Crippen LogP contribution in [0.4, 0.5) is 0 Å². The van der Waals surface area contributed by atoms with Crippen molar-refractivity contribution in [1.29, 1.82) is 0 Å². The van der Waals surface area contributed by atoms with Crippen molar-refractivity contribution in [3.05, 3.63) is 31.9 Å². The highest BCUT2D eigenvalue weighted by Gasteiger charge is 2.20. The third-order valence-electron chi connectivity index (χ3n) is 2.37. The quantitative estimate of drug-likeness (QED) is 0.545. The molecule has 2 aromatic rings. The first kappa shape index (κ1) is 12.0. The Labute approximate surface area is 111 Å². The van der Waals surface area contributed by atoms with Crippen molar-refractivity contribution >= 4 is 55.9 Å². The number of benzene rings is 1. The van der Waals surface area contributed by atoms with E-state index in [-0.39, 0.29) is 5.78 Å². The lowest BCUT2D eigenvalue weighted by molar-refractivity contribution is 0.0988. The van der Waals surface area contributed by atoms with E-state index in [0.29, 0.717) is 31.2 Å². The van der Waals surface area contributed by atoms with Crippen LogP contribution in [0.25, 0.3) is 11.0 Å². The molecule has 0 aliphatic rings. The van der Waals surface area contributed by atoms with Gasteiger partial charge in [0.05, 0.1) is 10.0 Å². The molecule has 5 heteroatoms. The van der Waals surface area contributed by atoms with Gasteiger partial charge < -0.3 is 4.42 Å². The molecule has 1 heterocycles. The second-order valence-corrected chi connectivity index (χ2v) is 5.11. The molecule has 0 N–H and O–H groups in total. The number of halogens is 3. The van der Waals surface area contributed by atoms with Gasteiger partial charge in [-0.2, -0.15) is 0 Å². The molecule has 0 amide bonds. The first-order valence-corrected chi connectivity index (χ1v) is 6.06. The van der Waals surface area contributed by atoms with E-state index in [0.717, 1.165) is 5.56 Å². The summed E-state index contributed by atoms with van der Waals surface area (Å²) < 4.78 is 6.13. The molecule has 84 valence electrons. The first-order valence-electron chi connectivity index (χ1n) is 4.51. The molecule has 0 radical (unpaired) electrons. The second kappa shape index (κ2) is 4.06. The number of hydrogen-bond acceptors (Lipinski definition) is 2. The maximum absolute atomic E-state index is 11.4. The van der Waals surface area contributed by atoms with Gasteiger partial charge in [-0.15, -0.1) is 0 Å². The molecule has 0 aliphatic carbocycles. The van der Waals surface area contributed by atoms with Crippen molar-refractivity contribution in [3.63, 3.8) is 0 Å². The summed E-state index contributed by atoms with van der Waals surface area (Å²) >= 11 is 15.5. The molecule has 0 saturated carbocycles. The Hall–Kier alpha value is -0.510. The van der Waals surface area contributed by atoms with Gasteiger partial charge in [-0.3, -0.25) is 4.79 Å². The fourth-order valence-corrected chi connectivity index (χ4v) is 2.72. The molecule has 16 heavy (non-hydrogen) atoms. The van der Waals surface area contributed by atoms with Crippen molar-refractivity contribution in [2.24, 2.45) is 0 Å². The van der Waals surface area contributed by atoms with Gasteiger partial charge in [0.25, 0.3) is 0 Å². The summed E-state index contributed by atoms with van der Waals surface area (Å²) in [5.74, 6) is 0.161. The Morgan fingerprint density at radius 3 is 2.62 bits per heavy atom. The lowest BCUT2D eigenvalue weighted by Crippen LogP contribution is -1.90. The molecule has 0 unspecified atom stereocenters. The summed E-state index contributed by atoms with van der Waals surface area (Å²) in [4.78, 5) is 11.4. The minimum absolute atomic E-state index is 0.142. The third kappa shape index (κ3) is 1.67. The predicted molar refractivity (Wildman–Crippen MR) is 68.7 cm³/mol. The van der Waals surface area contributed by atoms with E-state index >= 15 is 0 Å². The minimum Gasteiger partial charge on any atom is -0.451 e. The van der Waals surface area contributed by atoms with E-state index < -0.39 is 0 Å². The number of rotatable bonds is 1. The fourth-order valence-electron chi connectivity index (χ4n) is 1.64. The van der Waals surface area contributed by atoms with Crippen LogP contribution in [0.3, 0.4) is 0 Å². The summed E-state index contributed by atoms with van der Waals surface area (Å²) in [6, 6.07) is 1.65. The summed E-state index contributed by atoms with van der Waals surface area (Å²) in [6.45, 7) is 3.23. The predicted octanol–water partition coefficient (Wildman–Crippen LogP) is 5.01. The molecule has 1 aromatic carbocycles. The number of Topliss-reactive ketones (excluding diaryl/α,β-unsaturated/α-hetero) is 1. The zero-order valence-electron chi connectivity index (χ0n) is 8.53. The number of carbonyl (C=O) groups excluding carboxylic acids is 1. The Kier molecular flexibility index (Phi) is 3.03. The molecule has 0 fully saturated rings. The average Bonchev–Trinajstić information content (AvgIpc) is 2.53. The van der Waals surface area contributed by atoms with Crippen molar-refractivity contribution in [2.75, 3.05) is 0 Å². The van der Waals surface area contributed by atoms with Crippen molar-refractivity contribution in [1.82, 2.24) is 0 Å². The Morgan fingerprint density at radius 2 is 2.06 bits per heavy atom. The molecule has 0 aliphatic heterocycles. The molecule has 0 spiro atoms. The van der Waals surface area contributed by atoms with Crippen molar-refractivity contribution in [3.8, 4) is 0 Å². The molecule has 0 saturated heterocycles. The van der Waals surface area contributed by atoms with Gasteiger partial charge in [0.2, 0.25) is 0 Å². The zero-order chi connectivity index (χ0) is 12.0. The van der Waals surface area contributed by atoms with Crippen LogP contribution >= 0.6 is 39.1 Å². The van der Waals surface area contributed by atoms with Crippen LogP contribution in [0.5, 0.6) is 0 Å². The molecular weight excluding hydrogens is 315 g/mol. The molecule has 2 rings (SSSR count). The number of ketones is 1. The van der Waals surface area contributed by atoms with E-state index in [1.165, 1.54) is 6.92 Å². The largest absolute Gasteiger partial charge is 0.451 e. The minimum atomic E-state index is -0.142. The second-order valence-electron chi connectivity index (χ2n) is 3.47. The van der Waals surface area contributed by atoms with Crippen molar-refractivity contribution in [2.45, 2.75) is 13.8 Å². The monoisotopic (exact) mass is 320 g/mol. The van der Waals surface area contributed by atoms with Gasteiger partial charge in [0.1, 0.15) is 0 Å². The van der Waals surface area contributed by atoms with Crippen LogP contribution in [-0.4, -0.2) is 5.78 Å². The molecular formula is C11H7BrCl2O2. The lowest BCUT2D eigenvalue weighted by Gasteiger charge is -1.99. The van der Waals surface area contributed by atoms with Crippen LogP contribution in [0.1, 0.15) is 23.0 Å². The van der Waals surface area contributed by atoms with Crippen LogP contribution in [0.2, 0.25) is 10.0 Å². The van der Waals surface area contributed by atoms with E-state index in [9.17, 15) is 4.79 Å².